The fourth-order valence-electron chi connectivity index (χ4n) is 13.7. The molecule has 1 aliphatic carbocycles. The third-order valence-electron chi connectivity index (χ3n) is 17.3. The van der Waals surface area contributed by atoms with Crippen LogP contribution in [-0.4, -0.2) is 11.3 Å². The van der Waals surface area contributed by atoms with Crippen LogP contribution in [0.2, 0.25) is 0 Å². The summed E-state index contributed by atoms with van der Waals surface area (Å²) >= 11 is 1.95. The molecule has 10 aromatic carbocycles. The van der Waals surface area contributed by atoms with Crippen LogP contribution in [0, 0.1) is 0 Å². The van der Waals surface area contributed by atoms with Crippen molar-refractivity contribution in [2.75, 3.05) is 9.80 Å². The van der Waals surface area contributed by atoms with Gasteiger partial charge in [-0.3, -0.25) is 0 Å². The van der Waals surface area contributed by atoms with Gasteiger partial charge in [0.2, 0.25) is 0 Å². The summed E-state index contributed by atoms with van der Waals surface area (Å²) in [5, 5.41) is 6.39. The molecule has 360 valence electrons. The standard InChI is InChI=1S/C70H56BN3S/c1-68(2,3)45-35-37-58(51(40-45)43-23-11-8-12-24-43)73-60-42-56-55(69(4,5)53-32-20-21-33-54(53)70(56,6)7)41-57(60)71-64-52(39-44-25-17-18-30-48(44)66(64)73)49-36-38-59(72(46-26-13-9-14-27-46)47-28-15-10-16-29-47)63-62-50-31-19-22-34-61(50)75-67(62)74(71)65(49)63/h8-42H,1-7H3. The zero-order valence-corrected chi connectivity index (χ0v) is 44.4. The second kappa shape index (κ2) is 15.7. The van der Waals surface area contributed by atoms with Gasteiger partial charge in [0.1, 0.15) is 0 Å². The number of benzene rings is 10. The van der Waals surface area contributed by atoms with Crippen molar-refractivity contribution in [2.24, 2.45) is 0 Å². The molecule has 0 N–H and O–H groups in total. The van der Waals surface area contributed by atoms with Crippen molar-refractivity contribution < 1.29 is 0 Å². The lowest BCUT2D eigenvalue weighted by Gasteiger charge is -2.47. The second-order valence-electron chi connectivity index (χ2n) is 23.3. The molecule has 2 aromatic heterocycles. The molecule has 5 heteroatoms. The highest BCUT2D eigenvalue weighted by atomic mass is 32.1. The SMILES string of the molecule is CC(C)(C)c1ccc(N2c3cc4c(cc3B3c5c(cc6ccccc6c52)-c2ccc(N(c5ccccc5)c5ccccc5)c5c6c7ccccc7sc6n3c25)C(C)(C)c2ccccc2C4(C)C)c(-c2ccccc2)c1. The van der Waals surface area contributed by atoms with Crippen molar-refractivity contribution in [3.8, 4) is 22.3 Å². The largest absolute Gasteiger partial charge is 0.367 e. The Morgan fingerprint density at radius 1 is 0.493 bits per heavy atom. The van der Waals surface area contributed by atoms with Gasteiger partial charge in [0.05, 0.1) is 21.9 Å². The van der Waals surface area contributed by atoms with Crippen LogP contribution < -0.4 is 20.7 Å². The molecular formula is C70H56BN3S. The normalized spacial score (nSPS) is 14.8. The molecule has 0 radical (unpaired) electrons. The van der Waals surface area contributed by atoms with Gasteiger partial charge in [0.15, 0.2) is 0 Å². The minimum atomic E-state index is -0.267. The van der Waals surface area contributed by atoms with E-state index in [1.807, 2.05) is 11.3 Å². The molecule has 15 rings (SSSR count). The molecule has 3 nitrogen and oxygen atoms in total. The van der Waals surface area contributed by atoms with Crippen LogP contribution in [0.3, 0.4) is 0 Å². The first-order chi connectivity index (χ1) is 36.4. The molecule has 0 fully saturated rings. The highest BCUT2D eigenvalue weighted by molar-refractivity contribution is 7.26. The summed E-state index contributed by atoms with van der Waals surface area (Å²) in [6, 6.07) is 80.5. The molecule has 0 saturated carbocycles. The lowest BCUT2D eigenvalue weighted by molar-refractivity contribution is 0.521. The molecule has 0 atom stereocenters. The molecule has 0 unspecified atom stereocenters. The number of fused-ring (bicyclic) bond motifs is 13. The second-order valence-corrected chi connectivity index (χ2v) is 24.3. The molecule has 12 aromatic rings. The van der Waals surface area contributed by atoms with Crippen LogP contribution in [-0.2, 0) is 16.2 Å². The maximum atomic E-state index is 2.81. The van der Waals surface area contributed by atoms with Gasteiger partial charge in [-0.05, 0) is 121 Å². The predicted molar refractivity (Wildman–Crippen MR) is 322 cm³/mol. The first-order valence-electron chi connectivity index (χ1n) is 26.6. The van der Waals surface area contributed by atoms with Gasteiger partial charge in [-0.25, -0.2) is 0 Å². The summed E-state index contributed by atoms with van der Waals surface area (Å²) < 4.78 is 4.11. The number of nitrogens with zero attached hydrogens (tertiary/aromatic N) is 3. The maximum Gasteiger partial charge on any atom is 0.333 e. The van der Waals surface area contributed by atoms with Crippen LogP contribution in [0.4, 0.5) is 34.1 Å². The molecule has 3 aliphatic rings. The Hall–Kier alpha value is -8.12. The van der Waals surface area contributed by atoms with Crippen molar-refractivity contribution in [1.29, 1.82) is 0 Å². The van der Waals surface area contributed by atoms with Crippen molar-refractivity contribution in [2.45, 2.75) is 64.7 Å². The molecule has 0 amide bonds. The van der Waals surface area contributed by atoms with Crippen molar-refractivity contribution >= 4 is 105 Å². The Labute approximate surface area is 444 Å². The number of anilines is 6. The predicted octanol–water partition coefficient (Wildman–Crippen LogP) is 18.0. The van der Waals surface area contributed by atoms with Crippen molar-refractivity contribution in [3.05, 3.63) is 240 Å². The molecule has 2 aliphatic heterocycles. The molecular weight excluding hydrogens is 926 g/mol. The van der Waals surface area contributed by atoms with Gasteiger partial charge in [-0.2, -0.15) is 0 Å². The number of rotatable bonds is 5. The minimum Gasteiger partial charge on any atom is -0.367 e. The summed E-state index contributed by atoms with van der Waals surface area (Å²) in [5.41, 5.74) is 22.4. The van der Waals surface area contributed by atoms with Crippen LogP contribution in [0.1, 0.15) is 76.3 Å². The van der Waals surface area contributed by atoms with Crippen molar-refractivity contribution in [1.82, 2.24) is 4.48 Å². The summed E-state index contributed by atoms with van der Waals surface area (Å²) in [4.78, 5) is 6.50. The van der Waals surface area contributed by atoms with Crippen LogP contribution in [0.5, 0.6) is 0 Å². The summed E-state index contributed by atoms with van der Waals surface area (Å²) in [7, 11) is 0. The summed E-state index contributed by atoms with van der Waals surface area (Å²) in [6.45, 7) is 16.7. The van der Waals surface area contributed by atoms with E-state index in [1.165, 1.54) is 126 Å². The Balaban J connectivity index is 1.14. The number of hydrogen-bond donors (Lipinski definition) is 0. The van der Waals surface area contributed by atoms with Crippen LogP contribution in [0.15, 0.2) is 212 Å². The summed E-state index contributed by atoms with van der Waals surface area (Å²) in [6.07, 6.45) is 0. The molecule has 4 heterocycles. The zero-order chi connectivity index (χ0) is 50.7. The smallest absolute Gasteiger partial charge is 0.333 e. The summed E-state index contributed by atoms with van der Waals surface area (Å²) in [5.74, 6) is 0. The van der Waals surface area contributed by atoms with E-state index in [9.17, 15) is 0 Å². The number of aromatic nitrogens is 1. The lowest BCUT2D eigenvalue weighted by atomic mass is 9.44. The minimum absolute atomic E-state index is 0.0534. The van der Waals surface area contributed by atoms with Gasteiger partial charge in [-0.1, -0.05) is 200 Å². The first-order valence-corrected chi connectivity index (χ1v) is 27.4. The first kappa shape index (κ1) is 44.4. The van der Waals surface area contributed by atoms with Crippen LogP contribution in [0.25, 0.3) is 64.2 Å². The topological polar surface area (TPSA) is 11.4 Å². The van der Waals surface area contributed by atoms with E-state index in [1.54, 1.807) is 0 Å². The van der Waals surface area contributed by atoms with E-state index in [0.29, 0.717) is 0 Å². The Bertz CT molecular complexity index is 4310. The van der Waals surface area contributed by atoms with E-state index in [2.05, 4.69) is 275 Å². The van der Waals surface area contributed by atoms with Crippen molar-refractivity contribution in [3.63, 3.8) is 0 Å². The van der Waals surface area contributed by atoms with Gasteiger partial charge >= 0.3 is 6.85 Å². The van der Waals surface area contributed by atoms with E-state index >= 15 is 0 Å². The van der Waals surface area contributed by atoms with Gasteiger partial charge < -0.3 is 14.3 Å². The molecule has 0 bridgehead atoms. The average Bonchev–Trinajstić information content (AvgIpc) is 4.10. The third kappa shape index (κ3) is 6.16. The van der Waals surface area contributed by atoms with E-state index < -0.39 is 0 Å². The quantitative estimate of drug-likeness (QED) is 0.159. The zero-order valence-electron chi connectivity index (χ0n) is 43.5. The van der Waals surface area contributed by atoms with E-state index in [4.69, 9.17) is 0 Å². The van der Waals surface area contributed by atoms with Gasteiger partial charge in [-0.15, -0.1) is 11.3 Å². The highest BCUT2D eigenvalue weighted by Gasteiger charge is 2.49. The highest BCUT2D eigenvalue weighted by Crippen LogP contribution is 2.57. The lowest BCUT2D eigenvalue weighted by Crippen LogP contribution is -2.57. The average molecular weight is 982 g/mol. The van der Waals surface area contributed by atoms with Crippen LogP contribution >= 0.6 is 11.3 Å². The molecule has 75 heavy (non-hydrogen) atoms. The van der Waals surface area contributed by atoms with E-state index in [0.717, 1.165) is 11.4 Å². The van der Waals surface area contributed by atoms with Gasteiger partial charge in [0, 0.05) is 70.8 Å². The Morgan fingerprint density at radius 2 is 1.09 bits per heavy atom. The molecule has 0 saturated heterocycles. The van der Waals surface area contributed by atoms with Gasteiger partial charge in [0.25, 0.3) is 0 Å². The monoisotopic (exact) mass is 981 g/mol. The number of hydrogen-bond acceptors (Lipinski definition) is 3. The fraction of sp³-hybridized carbons (Fsp3) is 0.143. The number of para-hydroxylation sites is 2. The maximum absolute atomic E-state index is 2.81. The van der Waals surface area contributed by atoms with E-state index in [-0.39, 0.29) is 23.1 Å². The Morgan fingerprint density at radius 3 is 1.77 bits per heavy atom. The Kier molecular flexibility index (Phi) is 9.29. The fourth-order valence-corrected chi connectivity index (χ4v) is 14.9. The molecule has 0 spiro atoms. The third-order valence-corrected chi connectivity index (χ3v) is 18.5. The number of thiophene rings is 1.